The van der Waals surface area contributed by atoms with E-state index in [1.807, 2.05) is 12.1 Å². The second-order valence-corrected chi connectivity index (χ2v) is 6.67. The molecule has 19 heavy (non-hydrogen) atoms. The van der Waals surface area contributed by atoms with Crippen molar-refractivity contribution in [3.63, 3.8) is 0 Å². The van der Waals surface area contributed by atoms with Crippen molar-refractivity contribution < 1.29 is 8.42 Å². The van der Waals surface area contributed by atoms with Crippen molar-refractivity contribution in [2.75, 3.05) is 17.1 Å². The van der Waals surface area contributed by atoms with Gasteiger partial charge < -0.3 is 5.32 Å². The van der Waals surface area contributed by atoms with Crippen LogP contribution in [0.3, 0.4) is 0 Å². The number of anilines is 2. The van der Waals surface area contributed by atoms with Gasteiger partial charge in [-0.05, 0) is 52.9 Å². The summed E-state index contributed by atoms with van der Waals surface area (Å²) in [4.78, 5) is 4.16. The Morgan fingerprint density at radius 3 is 2.47 bits per heavy atom. The average molecular weight is 389 g/mol. The highest BCUT2D eigenvalue weighted by Gasteiger charge is 2.14. The van der Waals surface area contributed by atoms with Gasteiger partial charge in [-0.25, -0.2) is 13.4 Å². The fourth-order valence-electron chi connectivity index (χ4n) is 1.45. The molecule has 0 saturated carbocycles. The number of nitrogens with one attached hydrogen (secondary N) is 2. The molecule has 5 nitrogen and oxygen atoms in total. The zero-order valence-electron chi connectivity index (χ0n) is 10.1. The lowest BCUT2D eigenvalue weighted by molar-refractivity contribution is 0.601. The highest BCUT2D eigenvalue weighted by Crippen LogP contribution is 2.18. The Labute approximate surface area is 125 Å². The zero-order chi connectivity index (χ0) is 13.9. The fraction of sp³-hybridized carbons (Fsp3) is 0.0833. The lowest BCUT2D eigenvalue weighted by Crippen LogP contribution is -2.13. The molecule has 0 aliphatic rings. The van der Waals surface area contributed by atoms with Gasteiger partial charge in [-0.1, -0.05) is 0 Å². The first-order valence-electron chi connectivity index (χ1n) is 5.43. The third-order valence-corrected chi connectivity index (χ3v) is 4.49. The van der Waals surface area contributed by atoms with Gasteiger partial charge in [-0.3, -0.25) is 4.72 Å². The third-order valence-electron chi connectivity index (χ3n) is 2.39. The summed E-state index contributed by atoms with van der Waals surface area (Å²) in [7, 11) is -1.91. The normalized spacial score (nSPS) is 11.1. The highest BCUT2D eigenvalue weighted by atomic mass is 127. The maximum Gasteiger partial charge on any atom is 0.262 e. The first-order chi connectivity index (χ1) is 9.01. The number of halogens is 1. The van der Waals surface area contributed by atoms with Crippen LogP contribution in [0.2, 0.25) is 0 Å². The van der Waals surface area contributed by atoms with Crippen molar-refractivity contribution in [1.29, 1.82) is 0 Å². The minimum atomic E-state index is -3.59. The summed E-state index contributed by atoms with van der Waals surface area (Å²) in [6.45, 7) is 0. The molecule has 0 unspecified atom stereocenters. The molecule has 2 rings (SSSR count). The molecule has 0 saturated heterocycles. The van der Waals surface area contributed by atoms with Gasteiger partial charge in [0.05, 0.1) is 4.90 Å². The van der Waals surface area contributed by atoms with Gasteiger partial charge in [-0.2, -0.15) is 0 Å². The fourth-order valence-corrected chi connectivity index (χ4v) is 2.88. The van der Waals surface area contributed by atoms with E-state index in [4.69, 9.17) is 0 Å². The summed E-state index contributed by atoms with van der Waals surface area (Å²) in [5.74, 6) is 0.505. The molecule has 0 spiro atoms. The van der Waals surface area contributed by atoms with Crippen molar-refractivity contribution in [2.24, 2.45) is 0 Å². The minimum Gasteiger partial charge on any atom is -0.373 e. The molecule has 0 aliphatic heterocycles. The molecule has 1 aromatic heterocycles. The predicted octanol–water partition coefficient (Wildman–Crippen LogP) is 2.53. The minimum absolute atomic E-state index is 0.172. The third kappa shape index (κ3) is 3.57. The van der Waals surface area contributed by atoms with Crippen molar-refractivity contribution in [1.82, 2.24) is 4.98 Å². The molecule has 0 amide bonds. The number of nitrogens with zero attached hydrogens (tertiary/aromatic N) is 1. The number of sulfonamides is 1. The van der Waals surface area contributed by atoms with Gasteiger partial charge >= 0.3 is 0 Å². The molecule has 0 fully saturated rings. The van der Waals surface area contributed by atoms with E-state index >= 15 is 0 Å². The van der Waals surface area contributed by atoms with E-state index in [1.165, 1.54) is 18.3 Å². The van der Waals surface area contributed by atoms with Crippen LogP contribution in [0.1, 0.15) is 0 Å². The summed E-state index contributed by atoms with van der Waals surface area (Å²) >= 11 is 2.16. The Hall–Kier alpha value is -1.35. The molecule has 0 aliphatic carbocycles. The van der Waals surface area contributed by atoms with Crippen LogP contribution in [-0.2, 0) is 10.0 Å². The van der Waals surface area contributed by atoms with Gasteiger partial charge in [-0.15, -0.1) is 0 Å². The average Bonchev–Trinajstić information content (AvgIpc) is 2.41. The molecule has 1 heterocycles. The van der Waals surface area contributed by atoms with Gasteiger partial charge in [0.25, 0.3) is 10.0 Å². The Morgan fingerprint density at radius 1 is 1.16 bits per heavy atom. The van der Waals surface area contributed by atoms with Crippen LogP contribution in [0.4, 0.5) is 11.5 Å². The zero-order valence-corrected chi connectivity index (χ0v) is 13.1. The number of benzene rings is 1. The van der Waals surface area contributed by atoms with Crippen molar-refractivity contribution in [3.05, 3.63) is 46.2 Å². The van der Waals surface area contributed by atoms with Crippen LogP contribution in [0, 0.1) is 3.57 Å². The Kier molecular flexibility index (Phi) is 4.25. The number of hydrogen-bond donors (Lipinski definition) is 2. The van der Waals surface area contributed by atoms with Gasteiger partial charge in [0.1, 0.15) is 5.82 Å². The standard InChI is InChI=1S/C12H12IN3O2S/c1-14-12-8-11(6-7-15-12)19(17,18)16-10-4-2-9(13)3-5-10/h2-8,16H,1H3,(H,14,15). The van der Waals surface area contributed by atoms with E-state index in [2.05, 4.69) is 37.6 Å². The SMILES string of the molecule is CNc1cc(S(=O)(=O)Nc2ccc(I)cc2)ccn1. The Morgan fingerprint density at radius 2 is 1.84 bits per heavy atom. The largest absolute Gasteiger partial charge is 0.373 e. The van der Waals surface area contributed by atoms with Crippen LogP contribution in [0.15, 0.2) is 47.5 Å². The second-order valence-electron chi connectivity index (χ2n) is 3.74. The van der Waals surface area contributed by atoms with Crippen LogP contribution < -0.4 is 10.0 Å². The predicted molar refractivity (Wildman–Crippen MR) is 83.8 cm³/mol. The summed E-state index contributed by atoms with van der Waals surface area (Å²) in [5.41, 5.74) is 0.531. The summed E-state index contributed by atoms with van der Waals surface area (Å²) < 4.78 is 27.9. The molecule has 1 aromatic carbocycles. The van der Waals surface area contributed by atoms with E-state index in [9.17, 15) is 8.42 Å². The van der Waals surface area contributed by atoms with Crippen molar-refractivity contribution in [3.8, 4) is 0 Å². The topological polar surface area (TPSA) is 71.1 Å². The molecule has 100 valence electrons. The number of rotatable bonds is 4. The molecule has 7 heteroatoms. The number of hydrogen-bond acceptors (Lipinski definition) is 4. The van der Waals surface area contributed by atoms with E-state index in [-0.39, 0.29) is 4.90 Å². The molecular weight excluding hydrogens is 377 g/mol. The summed E-state index contributed by atoms with van der Waals surface area (Å²) in [6.07, 6.45) is 1.45. The first kappa shape index (κ1) is 14.1. The van der Waals surface area contributed by atoms with Gasteiger partial charge in [0.15, 0.2) is 0 Å². The van der Waals surface area contributed by atoms with Crippen molar-refractivity contribution in [2.45, 2.75) is 4.90 Å². The van der Waals surface area contributed by atoms with Crippen LogP contribution in [0.5, 0.6) is 0 Å². The van der Waals surface area contributed by atoms with Crippen LogP contribution in [-0.4, -0.2) is 20.4 Å². The first-order valence-corrected chi connectivity index (χ1v) is 8.00. The van der Waals surface area contributed by atoms with E-state index < -0.39 is 10.0 Å². The number of aromatic nitrogens is 1. The monoisotopic (exact) mass is 389 g/mol. The second kappa shape index (κ2) is 5.74. The maximum absolute atomic E-state index is 12.2. The molecule has 2 aromatic rings. The highest BCUT2D eigenvalue weighted by molar-refractivity contribution is 14.1. The summed E-state index contributed by atoms with van der Waals surface area (Å²) in [5, 5.41) is 2.81. The maximum atomic E-state index is 12.2. The smallest absolute Gasteiger partial charge is 0.262 e. The quantitative estimate of drug-likeness (QED) is 0.789. The lowest BCUT2D eigenvalue weighted by atomic mass is 10.3. The molecule has 0 bridgehead atoms. The van der Waals surface area contributed by atoms with E-state index in [0.29, 0.717) is 11.5 Å². The molecular formula is C12H12IN3O2S. The Balaban J connectivity index is 2.29. The van der Waals surface area contributed by atoms with Crippen LogP contribution in [0.25, 0.3) is 0 Å². The molecule has 0 atom stereocenters. The van der Waals surface area contributed by atoms with Gasteiger partial charge in [0.2, 0.25) is 0 Å². The van der Waals surface area contributed by atoms with Crippen LogP contribution >= 0.6 is 22.6 Å². The Bertz CT molecular complexity index is 672. The lowest BCUT2D eigenvalue weighted by Gasteiger charge is -2.09. The summed E-state index contributed by atoms with van der Waals surface area (Å²) in [6, 6.07) is 10.1. The number of pyridine rings is 1. The van der Waals surface area contributed by atoms with Gasteiger partial charge in [0, 0.05) is 28.6 Å². The van der Waals surface area contributed by atoms with E-state index in [1.54, 1.807) is 19.2 Å². The van der Waals surface area contributed by atoms with E-state index in [0.717, 1.165) is 3.57 Å². The molecule has 0 radical (unpaired) electrons. The van der Waals surface area contributed by atoms with Crippen molar-refractivity contribution >= 4 is 44.1 Å². The molecule has 2 N–H and O–H groups in total.